The molecule has 1 aromatic rings. The number of nitrogens with zero attached hydrogens (tertiary/aromatic N) is 1. The summed E-state index contributed by atoms with van der Waals surface area (Å²) >= 11 is 0. The van der Waals surface area contributed by atoms with E-state index in [1.165, 1.54) is 6.07 Å². The van der Waals surface area contributed by atoms with Crippen LogP contribution in [0.1, 0.15) is 45.1 Å². The molecule has 3 unspecified atom stereocenters. The van der Waals surface area contributed by atoms with Crippen LogP contribution in [-0.4, -0.2) is 40.3 Å². The second-order valence-electron chi connectivity index (χ2n) is 6.52. The molecule has 1 saturated carbocycles. The highest BCUT2D eigenvalue weighted by Crippen LogP contribution is 2.23. The lowest BCUT2D eigenvalue weighted by molar-refractivity contribution is 0.413. The minimum atomic E-state index is -0.825. The lowest BCUT2D eigenvalue weighted by Crippen LogP contribution is -2.46. The first-order valence-corrected chi connectivity index (χ1v) is 10.8. The van der Waals surface area contributed by atoms with Crippen molar-refractivity contribution >= 4 is 40.7 Å². The first-order chi connectivity index (χ1) is 12.5. The van der Waals surface area contributed by atoms with Crippen molar-refractivity contribution in [1.29, 1.82) is 0 Å². The van der Waals surface area contributed by atoms with Gasteiger partial charge in [0, 0.05) is 40.9 Å². The summed E-state index contributed by atoms with van der Waals surface area (Å²) in [5, 5.41) is 6.86. The van der Waals surface area contributed by atoms with E-state index in [0.29, 0.717) is 30.2 Å². The molecule has 154 valence electrons. The zero-order valence-electron chi connectivity index (χ0n) is 16.0. The molecule has 0 radical (unpaired) electrons. The van der Waals surface area contributed by atoms with Crippen LogP contribution in [0, 0.1) is 11.6 Å². The van der Waals surface area contributed by atoms with Crippen LogP contribution >= 0.6 is 24.0 Å². The molecule has 1 aromatic carbocycles. The zero-order valence-corrected chi connectivity index (χ0v) is 19.1. The summed E-state index contributed by atoms with van der Waals surface area (Å²) in [6, 6.07) is 4.46. The van der Waals surface area contributed by atoms with Crippen molar-refractivity contribution in [3.05, 3.63) is 35.4 Å². The lowest BCUT2D eigenvalue weighted by Gasteiger charge is -2.30. The van der Waals surface area contributed by atoms with Gasteiger partial charge in [-0.2, -0.15) is 0 Å². The predicted molar refractivity (Wildman–Crippen MR) is 119 cm³/mol. The van der Waals surface area contributed by atoms with Crippen molar-refractivity contribution in [1.82, 2.24) is 10.6 Å². The van der Waals surface area contributed by atoms with Gasteiger partial charge in [-0.15, -0.1) is 24.0 Å². The van der Waals surface area contributed by atoms with Gasteiger partial charge in [-0.3, -0.25) is 9.20 Å². The quantitative estimate of drug-likeness (QED) is 0.332. The Morgan fingerprint density at radius 3 is 2.78 bits per heavy atom. The van der Waals surface area contributed by atoms with E-state index < -0.39 is 22.4 Å². The SMILES string of the molecule is CCNC(=NCCc1cccc(F)c1F)NC1CCCC(S(=O)CC)C1.I. The number of hydrogen-bond acceptors (Lipinski definition) is 2. The number of rotatable bonds is 7. The Bertz CT molecular complexity index is 645. The first-order valence-electron chi connectivity index (χ1n) is 9.40. The van der Waals surface area contributed by atoms with Crippen molar-refractivity contribution in [2.24, 2.45) is 4.99 Å². The summed E-state index contributed by atoms with van der Waals surface area (Å²) in [6.07, 6.45) is 4.32. The highest BCUT2D eigenvalue weighted by atomic mass is 127. The molecule has 0 saturated heterocycles. The molecule has 0 bridgehead atoms. The van der Waals surface area contributed by atoms with Crippen molar-refractivity contribution in [3.8, 4) is 0 Å². The lowest BCUT2D eigenvalue weighted by atomic mass is 9.95. The Morgan fingerprint density at radius 2 is 2.07 bits per heavy atom. The van der Waals surface area contributed by atoms with E-state index in [0.717, 1.165) is 38.3 Å². The minimum absolute atomic E-state index is 0. The zero-order chi connectivity index (χ0) is 18.9. The van der Waals surface area contributed by atoms with Gasteiger partial charge >= 0.3 is 0 Å². The largest absolute Gasteiger partial charge is 0.357 e. The molecular weight excluding hydrogens is 483 g/mol. The predicted octanol–water partition coefficient (Wildman–Crippen LogP) is 3.76. The maximum atomic E-state index is 13.7. The van der Waals surface area contributed by atoms with E-state index in [-0.39, 0.29) is 35.3 Å². The smallest absolute Gasteiger partial charge is 0.191 e. The fraction of sp³-hybridized carbons (Fsp3) is 0.632. The third-order valence-corrected chi connectivity index (χ3v) is 6.39. The Hall–Kier alpha value is -0.770. The van der Waals surface area contributed by atoms with Crippen molar-refractivity contribution < 1.29 is 13.0 Å². The number of aliphatic imine (C=N–C) groups is 1. The summed E-state index contributed by atoms with van der Waals surface area (Å²) in [4.78, 5) is 4.49. The Morgan fingerprint density at radius 1 is 1.30 bits per heavy atom. The highest BCUT2D eigenvalue weighted by Gasteiger charge is 2.26. The molecule has 0 aliphatic heterocycles. The third kappa shape index (κ3) is 7.63. The topological polar surface area (TPSA) is 53.5 Å². The average Bonchev–Trinajstić information content (AvgIpc) is 2.65. The van der Waals surface area contributed by atoms with E-state index in [9.17, 15) is 13.0 Å². The summed E-state index contributed by atoms with van der Waals surface area (Å²) in [5.41, 5.74) is 0.334. The van der Waals surface area contributed by atoms with Gasteiger partial charge in [0.15, 0.2) is 17.6 Å². The monoisotopic (exact) mass is 513 g/mol. The van der Waals surface area contributed by atoms with Crippen molar-refractivity contribution in [3.63, 3.8) is 0 Å². The Balaban J connectivity index is 0.00000364. The van der Waals surface area contributed by atoms with Gasteiger partial charge < -0.3 is 10.6 Å². The second kappa shape index (κ2) is 12.6. The summed E-state index contributed by atoms with van der Waals surface area (Å²) in [5.74, 6) is -0.242. The minimum Gasteiger partial charge on any atom is -0.357 e. The van der Waals surface area contributed by atoms with Gasteiger partial charge in [-0.25, -0.2) is 8.78 Å². The van der Waals surface area contributed by atoms with Crippen LogP contribution < -0.4 is 10.6 Å². The number of halogens is 3. The van der Waals surface area contributed by atoms with Gasteiger partial charge in [0.05, 0.1) is 0 Å². The number of nitrogens with one attached hydrogen (secondary N) is 2. The van der Waals surface area contributed by atoms with E-state index in [1.807, 2.05) is 13.8 Å². The van der Waals surface area contributed by atoms with Gasteiger partial charge in [0.1, 0.15) is 0 Å². The molecule has 4 nitrogen and oxygen atoms in total. The molecule has 1 fully saturated rings. The van der Waals surface area contributed by atoms with Gasteiger partial charge in [0.2, 0.25) is 0 Å². The van der Waals surface area contributed by atoms with Crippen LogP contribution in [-0.2, 0) is 17.2 Å². The van der Waals surface area contributed by atoms with Crippen LogP contribution in [0.15, 0.2) is 23.2 Å². The van der Waals surface area contributed by atoms with E-state index >= 15 is 0 Å². The number of benzene rings is 1. The molecule has 2 N–H and O–H groups in total. The normalized spacial score (nSPS) is 21.3. The number of hydrogen-bond donors (Lipinski definition) is 2. The van der Waals surface area contributed by atoms with Crippen LogP contribution in [0.5, 0.6) is 0 Å². The summed E-state index contributed by atoms with van der Waals surface area (Å²) in [7, 11) is -0.765. The molecule has 1 aliphatic carbocycles. The van der Waals surface area contributed by atoms with Gasteiger partial charge in [-0.05, 0) is 44.2 Å². The van der Waals surface area contributed by atoms with Crippen molar-refractivity contribution in [2.75, 3.05) is 18.8 Å². The van der Waals surface area contributed by atoms with Crippen LogP contribution in [0.25, 0.3) is 0 Å². The fourth-order valence-electron chi connectivity index (χ4n) is 3.29. The van der Waals surface area contributed by atoms with Crippen LogP contribution in [0.3, 0.4) is 0 Å². The molecule has 1 aliphatic rings. The maximum absolute atomic E-state index is 13.7. The summed E-state index contributed by atoms with van der Waals surface area (Å²) < 4.78 is 39.1. The van der Waals surface area contributed by atoms with Gasteiger partial charge in [-0.1, -0.05) is 25.5 Å². The van der Waals surface area contributed by atoms with E-state index in [1.54, 1.807) is 6.07 Å². The van der Waals surface area contributed by atoms with Crippen LogP contribution in [0.2, 0.25) is 0 Å². The fourth-order valence-corrected chi connectivity index (χ4v) is 4.64. The standard InChI is InChI=1S/C19H29F2N3OS.HI/c1-3-22-19(23-12-11-14-7-5-10-17(20)18(14)21)24-15-8-6-9-16(13-15)26(25)4-2;/h5,7,10,15-16H,3-4,6,8-9,11-13H2,1-2H3,(H2,22,23,24);1H. The Kier molecular flexibility index (Phi) is 11.4. The molecule has 3 atom stereocenters. The molecule has 2 rings (SSSR count). The molecule has 0 heterocycles. The van der Waals surface area contributed by atoms with E-state index in [2.05, 4.69) is 15.6 Å². The molecular formula is C19H30F2IN3OS. The van der Waals surface area contributed by atoms with Crippen LogP contribution in [0.4, 0.5) is 8.78 Å². The first kappa shape index (κ1) is 24.3. The molecule has 27 heavy (non-hydrogen) atoms. The third-order valence-electron chi connectivity index (χ3n) is 4.65. The van der Waals surface area contributed by atoms with Crippen molar-refractivity contribution in [2.45, 2.75) is 57.2 Å². The maximum Gasteiger partial charge on any atom is 0.191 e. The molecule has 0 aromatic heterocycles. The summed E-state index contributed by atoms with van der Waals surface area (Å²) in [6.45, 7) is 5.04. The highest BCUT2D eigenvalue weighted by molar-refractivity contribution is 14.0. The Labute approximate surface area is 180 Å². The molecule has 0 amide bonds. The average molecular weight is 513 g/mol. The number of guanidine groups is 1. The molecule has 8 heteroatoms. The molecule has 0 spiro atoms. The van der Waals surface area contributed by atoms with E-state index in [4.69, 9.17) is 0 Å². The van der Waals surface area contributed by atoms with Gasteiger partial charge in [0.25, 0.3) is 0 Å². The second-order valence-corrected chi connectivity index (χ2v) is 8.53.